The summed E-state index contributed by atoms with van der Waals surface area (Å²) in [5, 5.41) is 10.1. The highest BCUT2D eigenvalue weighted by Gasteiger charge is 2.12. The lowest BCUT2D eigenvalue weighted by molar-refractivity contribution is 0.531. The van der Waals surface area contributed by atoms with Crippen molar-refractivity contribution < 1.29 is 0 Å². The Balaban J connectivity index is 0.00000400. The van der Waals surface area contributed by atoms with Crippen LogP contribution in [0.4, 0.5) is 5.69 Å². The minimum atomic E-state index is 0. The molecule has 0 aliphatic heterocycles. The van der Waals surface area contributed by atoms with Crippen molar-refractivity contribution in [3.63, 3.8) is 0 Å². The minimum Gasteiger partial charge on any atom is -0.380 e. The Labute approximate surface area is 146 Å². The quantitative estimate of drug-likeness (QED) is 0.371. The Kier molecular flexibility index (Phi) is 11.1. The summed E-state index contributed by atoms with van der Waals surface area (Å²) in [6.45, 7) is 11.1. The first kappa shape index (κ1) is 20.0. The number of halogens is 1. The van der Waals surface area contributed by atoms with Crippen molar-refractivity contribution in [2.24, 2.45) is 10.9 Å². The molecule has 1 rings (SSSR count). The van der Waals surface area contributed by atoms with Crippen LogP contribution in [0.2, 0.25) is 0 Å². The number of nitrogens with zero attached hydrogens (tertiary/aromatic N) is 1. The fourth-order valence-corrected chi connectivity index (χ4v) is 1.87. The number of nitrogens with one attached hydrogen (secondary N) is 3. The molecule has 1 atom stereocenters. The van der Waals surface area contributed by atoms with Crippen molar-refractivity contribution in [1.29, 1.82) is 0 Å². The second-order valence-corrected chi connectivity index (χ2v) is 5.11. The van der Waals surface area contributed by atoms with Gasteiger partial charge in [-0.3, -0.25) is 4.99 Å². The van der Waals surface area contributed by atoms with Crippen LogP contribution in [-0.4, -0.2) is 31.6 Å². The van der Waals surface area contributed by atoms with E-state index in [1.807, 2.05) is 18.2 Å². The number of para-hydroxylation sites is 1. The van der Waals surface area contributed by atoms with E-state index >= 15 is 0 Å². The van der Waals surface area contributed by atoms with Crippen LogP contribution in [0.1, 0.15) is 27.7 Å². The van der Waals surface area contributed by atoms with Gasteiger partial charge >= 0.3 is 0 Å². The van der Waals surface area contributed by atoms with Crippen molar-refractivity contribution in [2.75, 3.05) is 25.0 Å². The zero-order valence-electron chi connectivity index (χ0n) is 13.5. The van der Waals surface area contributed by atoms with Crippen LogP contribution in [-0.2, 0) is 0 Å². The summed E-state index contributed by atoms with van der Waals surface area (Å²) in [5.74, 6) is 1.40. The molecule has 0 spiro atoms. The Morgan fingerprint density at radius 2 is 1.62 bits per heavy atom. The number of hydrogen-bond donors (Lipinski definition) is 3. The van der Waals surface area contributed by atoms with E-state index in [1.54, 1.807) is 0 Å². The number of benzene rings is 1. The zero-order valence-corrected chi connectivity index (χ0v) is 15.8. The lowest BCUT2D eigenvalue weighted by Crippen LogP contribution is -2.38. The first-order valence-corrected chi connectivity index (χ1v) is 7.51. The van der Waals surface area contributed by atoms with Crippen LogP contribution in [0, 0.1) is 5.92 Å². The van der Waals surface area contributed by atoms with Crippen LogP contribution >= 0.6 is 24.0 Å². The lowest BCUT2D eigenvalue weighted by atomic mass is 10.0. The maximum atomic E-state index is 4.65. The highest BCUT2D eigenvalue weighted by molar-refractivity contribution is 14.0. The third kappa shape index (κ3) is 8.14. The fraction of sp³-hybridized carbons (Fsp3) is 0.562. The predicted molar refractivity (Wildman–Crippen MR) is 104 cm³/mol. The van der Waals surface area contributed by atoms with Gasteiger partial charge in [-0.2, -0.15) is 0 Å². The van der Waals surface area contributed by atoms with Gasteiger partial charge in [0, 0.05) is 24.8 Å². The molecule has 1 aromatic rings. The highest BCUT2D eigenvalue weighted by Crippen LogP contribution is 2.12. The molecule has 0 aliphatic carbocycles. The lowest BCUT2D eigenvalue weighted by Gasteiger charge is -2.22. The minimum absolute atomic E-state index is 0. The molecule has 0 aliphatic rings. The summed E-state index contributed by atoms with van der Waals surface area (Å²) in [6.07, 6.45) is 0. The molecule has 0 bridgehead atoms. The number of hydrogen-bond acceptors (Lipinski definition) is 2. The molecule has 0 fully saturated rings. The fourth-order valence-electron chi connectivity index (χ4n) is 1.87. The summed E-state index contributed by atoms with van der Waals surface area (Å²) in [7, 11) is 0. The van der Waals surface area contributed by atoms with Crippen molar-refractivity contribution in [3.8, 4) is 0 Å². The second kappa shape index (κ2) is 11.7. The number of anilines is 1. The molecular formula is C16H29IN4. The summed E-state index contributed by atoms with van der Waals surface area (Å²) >= 11 is 0. The van der Waals surface area contributed by atoms with E-state index in [2.05, 4.69) is 60.8 Å². The monoisotopic (exact) mass is 404 g/mol. The smallest absolute Gasteiger partial charge is 0.191 e. The molecule has 0 saturated carbocycles. The predicted octanol–water partition coefficient (Wildman–Crippen LogP) is 3.32. The Hall–Kier alpha value is -0.980. The van der Waals surface area contributed by atoms with Gasteiger partial charge in [0.15, 0.2) is 5.96 Å². The van der Waals surface area contributed by atoms with Gasteiger partial charge in [-0.1, -0.05) is 32.0 Å². The topological polar surface area (TPSA) is 48.5 Å². The third-order valence-electron chi connectivity index (χ3n) is 3.07. The summed E-state index contributed by atoms with van der Waals surface area (Å²) in [6, 6.07) is 10.6. The van der Waals surface area contributed by atoms with Gasteiger partial charge in [0.1, 0.15) is 0 Å². The van der Waals surface area contributed by atoms with Gasteiger partial charge in [-0.05, 0) is 31.9 Å². The molecule has 21 heavy (non-hydrogen) atoms. The standard InChI is InChI=1S/C16H28N4.HI/c1-5-17-16(18-6-2)19-12-15(13(3)4)20-14-10-8-7-9-11-14;/h7-11,13,15,20H,5-6,12H2,1-4H3,(H2,17,18,19);1H. The number of rotatable bonds is 7. The van der Waals surface area contributed by atoms with Gasteiger partial charge in [0.2, 0.25) is 0 Å². The normalized spacial score (nSPS) is 11.3. The SMILES string of the molecule is CCNC(=NCC(Nc1ccccc1)C(C)C)NCC.I. The van der Waals surface area contributed by atoms with Gasteiger partial charge in [-0.25, -0.2) is 0 Å². The van der Waals surface area contributed by atoms with E-state index in [4.69, 9.17) is 0 Å². The molecule has 0 amide bonds. The molecule has 1 aromatic carbocycles. The highest BCUT2D eigenvalue weighted by atomic mass is 127. The van der Waals surface area contributed by atoms with Crippen LogP contribution < -0.4 is 16.0 Å². The van der Waals surface area contributed by atoms with Crippen molar-refractivity contribution in [1.82, 2.24) is 10.6 Å². The average Bonchev–Trinajstić information content (AvgIpc) is 2.44. The second-order valence-electron chi connectivity index (χ2n) is 5.11. The molecular weight excluding hydrogens is 375 g/mol. The number of guanidine groups is 1. The third-order valence-corrected chi connectivity index (χ3v) is 3.07. The first-order valence-electron chi connectivity index (χ1n) is 7.51. The molecule has 5 heteroatoms. The summed E-state index contributed by atoms with van der Waals surface area (Å²) in [5.41, 5.74) is 1.15. The molecule has 0 aromatic heterocycles. The summed E-state index contributed by atoms with van der Waals surface area (Å²) in [4.78, 5) is 4.65. The largest absolute Gasteiger partial charge is 0.380 e. The molecule has 4 nitrogen and oxygen atoms in total. The van der Waals surface area contributed by atoms with Gasteiger partial charge < -0.3 is 16.0 Å². The van der Waals surface area contributed by atoms with Crippen LogP contribution in [0.3, 0.4) is 0 Å². The van der Waals surface area contributed by atoms with E-state index in [9.17, 15) is 0 Å². The van der Waals surface area contributed by atoms with Gasteiger partial charge in [0.05, 0.1) is 6.54 Å². The van der Waals surface area contributed by atoms with Crippen molar-refractivity contribution in [3.05, 3.63) is 30.3 Å². The van der Waals surface area contributed by atoms with E-state index in [0.717, 1.165) is 31.3 Å². The molecule has 1 unspecified atom stereocenters. The molecule has 120 valence electrons. The molecule has 3 N–H and O–H groups in total. The van der Waals surface area contributed by atoms with Crippen LogP contribution in [0.15, 0.2) is 35.3 Å². The van der Waals surface area contributed by atoms with E-state index in [1.165, 1.54) is 0 Å². The average molecular weight is 404 g/mol. The van der Waals surface area contributed by atoms with Crippen LogP contribution in [0.25, 0.3) is 0 Å². The van der Waals surface area contributed by atoms with Crippen molar-refractivity contribution >= 4 is 35.6 Å². The maximum Gasteiger partial charge on any atom is 0.191 e. The first-order chi connectivity index (χ1) is 9.67. The Morgan fingerprint density at radius 3 is 2.10 bits per heavy atom. The molecule has 0 saturated heterocycles. The van der Waals surface area contributed by atoms with Crippen LogP contribution in [0.5, 0.6) is 0 Å². The van der Waals surface area contributed by atoms with E-state index in [0.29, 0.717) is 12.0 Å². The number of aliphatic imine (C=N–C) groups is 1. The van der Waals surface area contributed by atoms with Crippen molar-refractivity contribution in [2.45, 2.75) is 33.7 Å². The summed E-state index contributed by atoms with van der Waals surface area (Å²) < 4.78 is 0. The Morgan fingerprint density at radius 1 is 1.05 bits per heavy atom. The maximum absolute atomic E-state index is 4.65. The molecule has 0 radical (unpaired) electrons. The van der Waals surface area contributed by atoms with E-state index < -0.39 is 0 Å². The zero-order chi connectivity index (χ0) is 14.8. The molecule has 0 heterocycles. The van der Waals surface area contributed by atoms with Gasteiger partial charge in [0.25, 0.3) is 0 Å². The Bertz CT molecular complexity index is 385. The van der Waals surface area contributed by atoms with E-state index in [-0.39, 0.29) is 24.0 Å². The van der Waals surface area contributed by atoms with Gasteiger partial charge in [-0.15, -0.1) is 24.0 Å².